The van der Waals surface area contributed by atoms with E-state index in [1.165, 1.54) is 30.0 Å². The summed E-state index contributed by atoms with van der Waals surface area (Å²) in [6.45, 7) is 1.49. The summed E-state index contributed by atoms with van der Waals surface area (Å²) in [5.74, 6) is 0.205. The average molecular weight is 464 g/mol. The zero-order chi connectivity index (χ0) is 21.8. The summed E-state index contributed by atoms with van der Waals surface area (Å²) in [5.41, 5.74) is 0.434. The van der Waals surface area contributed by atoms with Crippen LogP contribution in [0.25, 0.3) is 0 Å². The minimum atomic E-state index is -0.534. The monoisotopic (exact) mass is 463 g/mol. The Morgan fingerprint density at radius 1 is 1.19 bits per heavy atom. The second kappa shape index (κ2) is 9.82. The third-order valence-corrected chi connectivity index (χ3v) is 6.43. The first-order valence-corrected chi connectivity index (χ1v) is 11.6. The van der Waals surface area contributed by atoms with Crippen molar-refractivity contribution in [3.63, 3.8) is 0 Å². The van der Waals surface area contributed by atoms with Crippen LogP contribution >= 0.6 is 23.4 Å². The molecule has 1 aliphatic carbocycles. The molecule has 2 aliphatic rings. The number of nitrogens with zero attached hydrogens (tertiary/aromatic N) is 3. The molecule has 4 rings (SSSR count). The predicted octanol–water partition coefficient (Wildman–Crippen LogP) is 3.49. The number of halogens is 2. The lowest BCUT2D eigenvalue weighted by Crippen LogP contribution is -2.44. The molecule has 1 atom stereocenters. The number of amides is 2. The summed E-state index contributed by atoms with van der Waals surface area (Å²) in [6.07, 6.45) is 4.00. The van der Waals surface area contributed by atoms with Gasteiger partial charge < -0.3 is 15.5 Å². The van der Waals surface area contributed by atoms with Crippen LogP contribution in [0.5, 0.6) is 0 Å². The molecule has 0 unspecified atom stereocenters. The standard InChI is InChI=1S/C21H23ClFN5O2S/c22-16-10-15(5-6-17(16)23)24-19(29)12-31-20-8-7-18(26-27-20)28-9-1-2-13(11-28)21(30)25-14-3-4-14/h5-8,10,13-14H,1-4,9,11-12H2,(H,24,29)(H,25,30)/t13-/m1/s1. The maximum Gasteiger partial charge on any atom is 0.234 e. The number of thioether (sulfide) groups is 1. The highest BCUT2D eigenvalue weighted by Crippen LogP contribution is 2.25. The molecule has 0 spiro atoms. The van der Waals surface area contributed by atoms with Crippen LogP contribution in [0.15, 0.2) is 35.4 Å². The number of anilines is 2. The lowest BCUT2D eigenvalue weighted by Gasteiger charge is -2.32. The van der Waals surface area contributed by atoms with Gasteiger partial charge in [0.15, 0.2) is 5.82 Å². The van der Waals surface area contributed by atoms with Crippen molar-refractivity contribution in [3.05, 3.63) is 41.2 Å². The van der Waals surface area contributed by atoms with E-state index in [4.69, 9.17) is 11.6 Å². The molecule has 1 aliphatic heterocycles. The van der Waals surface area contributed by atoms with Gasteiger partial charge in [-0.3, -0.25) is 9.59 Å². The van der Waals surface area contributed by atoms with Crippen LogP contribution in [0, 0.1) is 11.7 Å². The second-order valence-electron chi connectivity index (χ2n) is 7.76. The van der Waals surface area contributed by atoms with E-state index in [2.05, 4.69) is 25.7 Å². The van der Waals surface area contributed by atoms with Gasteiger partial charge in [0.1, 0.15) is 10.8 Å². The Kier molecular flexibility index (Phi) is 6.92. The molecule has 1 aromatic carbocycles. The van der Waals surface area contributed by atoms with Crippen molar-refractivity contribution in [2.45, 2.75) is 36.8 Å². The predicted molar refractivity (Wildman–Crippen MR) is 119 cm³/mol. The number of hydrogen-bond donors (Lipinski definition) is 2. The first-order valence-electron chi connectivity index (χ1n) is 10.2. The summed E-state index contributed by atoms with van der Waals surface area (Å²) in [6, 6.07) is 8.09. The van der Waals surface area contributed by atoms with Gasteiger partial charge in [-0.1, -0.05) is 23.4 Å². The van der Waals surface area contributed by atoms with Crippen LogP contribution in [0.1, 0.15) is 25.7 Å². The third kappa shape index (κ3) is 6.07. The number of carbonyl (C=O) groups is 2. The van der Waals surface area contributed by atoms with E-state index in [9.17, 15) is 14.0 Å². The number of carbonyl (C=O) groups excluding carboxylic acids is 2. The van der Waals surface area contributed by atoms with Gasteiger partial charge in [0.05, 0.1) is 16.7 Å². The van der Waals surface area contributed by atoms with E-state index < -0.39 is 5.82 Å². The van der Waals surface area contributed by atoms with Gasteiger partial charge in [-0.15, -0.1) is 10.2 Å². The molecule has 2 heterocycles. The minimum absolute atomic E-state index is 0.0196. The lowest BCUT2D eigenvalue weighted by molar-refractivity contribution is -0.125. The van der Waals surface area contributed by atoms with Crippen LogP contribution < -0.4 is 15.5 Å². The number of benzene rings is 1. The van der Waals surface area contributed by atoms with Crippen LogP contribution in [0.3, 0.4) is 0 Å². The Labute approximate surface area is 189 Å². The van der Waals surface area contributed by atoms with Crippen molar-refractivity contribution in [3.8, 4) is 0 Å². The van der Waals surface area contributed by atoms with Crippen LogP contribution in [-0.4, -0.2) is 46.9 Å². The molecule has 2 fully saturated rings. The molecule has 7 nitrogen and oxygen atoms in total. The zero-order valence-electron chi connectivity index (χ0n) is 16.8. The molecular formula is C21H23ClFN5O2S. The van der Waals surface area contributed by atoms with E-state index >= 15 is 0 Å². The van der Waals surface area contributed by atoms with Gasteiger partial charge in [-0.25, -0.2) is 4.39 Å². The van der Waals surface area contributed by atoms with Crippen LogP contribution in [0.4, 0.5) is 15.9 Å². The van der Waals surface area contributed by atoms with Crippen LogP contribution in [0.2, 0.25) is 5.02 Å². The number of rotatable bonds is 7. The summed E-state index contributed by atoms with van der Waals surface area (Å²) in [5, 5.41) is 14.8. The summed E-state index contributed by atoms with van der Waals surface area (Å²) in [7, 11) is 0. The molecule has 164 valence electrons. The summed E-state index contributed by atoms with van der Waals surface area (Å²) in [4.78, 5) is 26.6. The fraction of sp³-hybridized carbons (Fsp3) is 0.429. The van der Waals surface area contributed by atoms with Gasteiger partial charge in [0, 0.05) is 24.8 Å². The van der Waals surface area contributed by atoms with Crippen molar-refractivity contribution >= 4 is 46.7 Å². The normalized spacial score (nSPS) is 18.5. The minimum Gasteiger partial charge on any atom is -0.354 e. The van der Waals surface area contributed by atoms with E-state index in [-0.39, 0.29) is 28.5 Å². The van der Waals surface area contributed by atoms with Gasteiger partial charge >= 0.3 is 0 Å². The first-order chi connectivity index (χ1) is 15.0. The highest BCUT2D eigenvalue weighted by atomic mass is 35.5. The summed E-state index contributed by atoms with van der Waals surface area (Å²) < 4.78 is 13.2. The van der Waals surface area contributed by atoms with Gasteiger partial charge in [0.2, 0.25) is 11.8 Å². The fourth-order valence-corrected chi connectivity index (χ4v) is 4.21. The quantitative estimate of drug-likeness (QED) is 0.611. The molecule has 0 bridgehead atoms. The molecule has 0 radical (unpaired) electrons. The van der Waals surface area contributed by atoms with E-state index in [1.807, 2.05) is 12.1 Å². The molecular weight excluding hydrogens is 441 g/mol. The average Bonchev–Trinajstić information content (AvgIpc) is 3.59. The molecule has 2 aromatic rings. The number of piperidine rings is 1. The SMILES string of the molecule is O=C(CSc1ccc(N2CCC[C@@H](C(=O)NC3CC3)C2)nn1)Nc1ccc(F)c(Cl)c1. The van der Waals surface area contributed by atoms with E-state index in [0.29, 0.717) is 23.3 Å². The fourth-order valence-electron chi connectivity index (χ4n) is 3.42. The smallest absolute Gasteiger partial charge is 0.234 e. The van der Waals surface area contributed by atoms with Gasteiger partial charge in [0.25, 0.3) is 0 Å². The Morgan fingerprint density at radius 3 is 2.74 bits per heavy atom. The van der Waals surface area contributed by atoms with Crippen molar-refractivity contribution < 1.29 is 14.0 Å². The Hall–Kier alpha value is -2.39. The molecule has 31 heavy (non-hydrogen) atoms. The van der Waals surface area contributed by atoms with E-state index in [1.54, 1.807) is 0 Å². The molecule has 1 saturated heterocycles. The lowest BCUT2D eigenvalue weighted by atomic mass is 9.97. The molecule has 1 saturated carbocycles. The number of aromatic nitrogens is 2. The molecule has 1 aromatic heterocycles. The molecule has 10 heteroatoms. The van der Waals surface area contributed by atoms with Crippen molar-refractivity contribution in [2.24, 2.45) is 5.92 Å². The van der Waals surface area contributed by atoms with Crippen LogP contribution in [-0.2, 0) is 9.59 Å². The largest absolute Gasteiger partial charge is 0.354 e. The number of nitrogens with one attached hydrogen (secondary N) is 2. The van der Waals surface area contributed by atoms with E-state index in [0.717, 1.165) is 38.0 Å². The van der Waals surface area contributed by atoms with Crippen molar-refractivity contribution in [2.75, 3.05) is 29.1 Å². The molecule has 2 amide bonds. The maximum absolute atomic E-state index is 13.2. The number of hydrogen-bond acceptors (Lipinski definition) is 6. The van der Waals surface area contributed by atoms with Crippen molar-refractivity contribution in [1.82, 2.24) is 15.5 Å². The van der Waals surface area contributed by atoms with Crippen molar-refractivity contribution in [1.29, 1.82) is 0 Å². The first kappa shape index (κ1) is 21.8. The zero-order valence-corrected chi connectivity index (χ0v) is 18.4. The highest BCUT2D eigenvalue weighted by Gasteiger charge is 2.30. The Bertz CT molecular complexity index is 957. The highest BCUT2D eigenvalue weighted by molar-refractivity contribution is 7.99. The third-order valence-electron chi connectivity index (χ3n) is 5.22. The topological polar surface area (TPSA) is 87.2 Å². The Morgan fingerprint density at radius 2 is 2.03 bits per heavy atom. The second-order valence-corrected chi connectivity index (χ2v) is 9.17. The van der Waals surface area contributed by atoms with Gasteiger partial charge in [-0.05, 0) is 56.0 Å². The molecule has 2 N–H and O–H groups in total. The maximum atomic E-state index is 13.2. The summed E-state index contributed by atoms with van der Waals surface area (Å²) >= 11 is 6.98. The Balaban J connectivity index is 1.27. The van der Waals surface area contributed by atoms with Gasteiger partial charge in [-0.2, -0.15) is 0 Å².